The van der Waals surface area contributed by atoms with Gasteiger partial charge in [-0.25, -0.2) is 4.98 Å². The molecule has 1 aliphatic rings. The highest BCUT2D eigenvalue weighted by atomic mass is 14.9. The van der Waals surface area contributed by atoms with Gasteiger partial charge in [0.15, 0.2) is 0 Å². The number of hydrogen-bond acceptors (Lipinski definition) is 2. The first-order valence-corrected chi connectivity index (χ1v) is 6.44. The van der Waals surface area contributed by atoms with E-state index in [1.807, 2.05) is 6.20 Å². The van der Waals surface area contributed by atoms with Crippen LogP contribution in [0.2, 0.25) is 0 Å². The molecule has 92 valence electrons. The largest absolute Gasteiger partial charge is 0.346 e. The van der Waals surface area contributed by atoms with Crippen LogP contribution in [0.25, 0.3) is 0 Å². The lowest BCUT2D eigenvalue weighted by molar-refractivity contribution is 0.561. The van der Waals surface area contributed by atoms with Crippen molar-refractivity contribution < 1.29 is 0 Å². The first-order chi connectivity index (χ1) is 8.38. The molecular formula is C14H21N3. The summed E-state index contributed by atoms with van der Waals surface area (Å²) in [7, 11) is 0. The number of nitrogens with one attached hydrogen (secondary N) is 1. The maximum atomic E-state index is 5.49. The number of rotatable bonds is 6. The summed E-state index contributed by atoms with van der Waals surface area (Å²) in [6.45, 7) is 0.659. The minimum Gasteiger partial charge on any atom is -0.346 e. The standard InChI is InChI=1S/C14H21N3/c15-10-9-14-16-11-13(17-14)8-4-7-12-5-2-1-3-6-12/h1-3,5,11-12H,4,6-10,15H2,(H,16,17). The van der Waals surface area contributed by atoms with Gasteiger partial charge in [0, 0.05) is 18.3 Å². The van der Waals surface area contributed by atoms with E-state index in [2.05, 4.69) is 34.3 Å². The van der Waals surface area contributed by atoms with Gasteiger partial charge in [-0.2, -0.15) is 0 Å². The summed E-state index contributed by atoms with van der Waals surface area (Å²) in [6.07, 6.45) is 16.4. The fourth-order valence-corrected chi connectivity index (χ4v) is 2.20. The van der Waals surface area contributed by atoms with E-state index >= 15 is 0 Å². The van der Waals surface area contributed by atoms with Crippen LogP contribution in [0, 0.1) is 5.92 Å². The molecule has 0 fully saturated rings. The van der Waals surface area contributed by atoms with Crippen LogP contribution in [0.5, 0.6) is 0 Å². The summed E-state index contributed by atoms with van der Waals surface area (Å²) < 4.78 is 0. The maximum absolute atomic E-state index is 5.49. The van der Waals surface area contributed by atoms with Crippen LogP contribution in [0.4, 0.5) is 0 Å². The van der Waals surface area contributed by atoms with E-state index in [4.69, 9.17) is 5.73 Å². The molecule has 0 bridgehead atoms. The number of aromatic nitrogens is 2. The highest BCUT2D eigenvalue weighted by molar-refractivity contribution is 5.10. The molecule has 0 amide bonds. The van der Waals surface area contributed by atoms with Gasteiger partial charge in [0.25, 0.3) is 0 Å². The molecule has 1 aromatic rings. The van der Waals surface area contributed by atoms with Gasteiger partial charge in [-0.15, -0.1) is 0 Å². The van der Waals surface area contributed by atoms with E-state index < -0.39 is 0 Å². The number of hydrogen-bond donors (Lipinski definition) is 2. The van der Waals surface area contributed by atoms with E-state index in [0.29, 0.717) is 6.54 Å². The lowest BCUT2D eigenvalue weighted by atomic mass is 9.95. The average molecular weight is 231 g/mol. The Morgan fingerprint density at radius 1 is 1.35 bits per heavy atom. The summed E-state index contributed by atoms with van der Waals surface area (Å²) >= 11 is 0. The third kappa shape index (κ3) is 3.86. The third-order valence-electron chi connectivity index (χ3n) is 3.15. The van der Waals surface area contributed by atoms with E-state index in [0.717, 1.165) is 24.6 Å². The number of aromatic amines is 1. The first-order valence-electron chi connectivity index (χ1n) is 6.44. The Balaban J connectivity index is 1.70. The molecule has 3 N–H and O–H groups in total. The van der Waals surface area contributed by atoms with Crippen LogP contribution in [0.1, 0.15) is 30.8 Å². The molecule has 1 atom stereocenters. The zero-order valence-electron chi connectivity index (χ0n) is 10.2. The Kier molecular flexibility index (Phi) is 4.56. The molecular weight excluding hydrogens is 210 g/mol. The van der Waals surface area contributed by atoms with Crippen LogP contribution in [0.15, 0.2) is 30.5 Å². The number of aryl methyl sites for hydroxylation is 1. The number of allylic oxidation sites excluding steroid dienone is 4. The smallest absolute Gasteiger partial charge is 0.107 e. The molecule has 0 saturated carbocycles. The Morgan fingerprint density at radius 2 is 2.29 bits per heavy atom. The van der Waals surface area contributed by atoms with Crippen LogP contribution in [-0.2, 0) is 12.8 Å². The molecule has 0 spiro atoms. The fourth-order valence-electron chi connectivity index (χ4n) is 2.20. The predicted octanol–water partition coefficient (Wildman–Crippen LogP) is 2.37. The molecule has 0 aromatic carbocycles. The molecule has 2 rings (SSSR count). The van der Waals surface area contributed by atoms with E-state index in [9.17, 15) is 0 Å². The quantitative estimate of drug-likeness (QED) is 0.789. The summed E-state index contributed by atoms with van der Waals surface area (Å²) in [5, 5.41) is 0. The van der Waals surface area contributed by atoms with Gasteiger partial charge in [-0.3, -0.25) is 0 Å². The molecule has 0 radical (unpaired) electrons. The first kappa shape index (κ1) is 12.1. The van der Waals surface area contributed by atoms with Gasteiger partial charge in [-0.05, 0) is 38.1 Å². The number of nitrogens with two attached hydrogens (primary N) is 1. The fraction of sp³-hybridized carbons (Fsp3) is 0.500. The van der Waals surface area contributed by atoms with Crippen LogP contribution >= 0.6 is 0 Å². The van der Waals surface area contributed by atoms with Crippen LogP contribution in [-0.4, -0.2) is 16.5 Å². The summed E-state index contributed by atoms with van der Waals surface area (Å²) in [5.74, 6) is 1.74. The van der Waals surface area contributed by atoms with Crippen molar-refractivity contribution in [3.05, 3.63) is 42.0 Å². The zero-order valence-corrected chi connectivity index (χ0v) is 10.2. The Labute approximate surface area is 103 Å². The van der Waals surface area contributed by atoms with Gasteiger partial charge < -0.3 is 10.7 Å². The molecule has 1 aliphatic carbocycles. The summed E-state index contributed by atoms with van der Waals surface area (Å²) in [6, 6.07) is 0. The summed E-state index contributed by atoms with van der Waals surface area (Å²) in [4.78, 5) is 7.64. The van der Waals surface area contributed by atoms with Gasteiger partial charge >= 0.3 is 0 Å². The number of imidazole rings is 1. The molecule has 3 heteroatoms. The topological polar surface area (TPSA) is 54.7 Å². The Morgan fingerprint density at radius 3 is 3.06 bits per heavy atom. The van der Waals surface area contributed by atoms with Gasteiger partial charge in [-0.1, -0.05) is 24.3 Å². The summed E-state index contributed by atoms with van der Waals surface area (Å²) in [5.41, 5.74) is 6.73. The number of nitrogens with zero attached hydrogens (tertiary/aromatic N) is 1. The lowest BCUT2D eigenvalue weighted by Gasteiger charge is -2.11. The second-order valence-corrected chi connectivity index (χ2v) is 4.59. The highest BCUT2D eigenvalue weighted by Crippen LogP contribution is 2.18. The van der Waals surface area contributed by atoms with Gasteiger partial charge in [0.05, 0.1) is 0 Å². The van der Waals surface area contributed by atoms with Crippen molar-refractivity contribution in [2.24, 2.45) is 11.7 Å². The monoisotopic (exact) mass is 231 g/mol. The van der Waals surface area contributed by atoms with Crippen molar-refractivity contribution >= 4 is 0 Å². The van der Waals surface area contributed by atoms with Crippen molar-refractivity contribution in [1.29, 1.82) is 0 Å². The molecule has 0 saturated heterocycles. The van der Waals surface area contributed by atoms with Crippen molar-refractivity contribution in [1.82, 2.24) is 9.97 Å². The predicted molar refractivity (Wildman–Crippen MR) is 70.7 cm³/mol. The van der Waals surface area contributed by atoms with Gasteiger partial charge in [0.1, 0.15) is 5.82 Å². The molecule has 1 unspecified atom stereocenters. The number of H-pyrrole nitrogens is 1. The molecule has 0 aliphatic heterocycles. The van der Waals surface area contributed by atoms with E-state index in [1.54, 1.807) is 0 Å². The normalized spacial score (nSPS) is 18.8. The Hall–Kier alpha value is -1.35. The van der Waals surface area contributed by atoms with Crippen molar-refractivity contribution in [2.75, 3.05) is 6.54 Å². The molecule has 3 nitrogen and oxygen atoms in total. The average Bonchev–Trinajstić information content (AvgIpc) is 2.79. The van der Waals surface area contributed by atoms with Crippen molar-refractivity contribution in [3.8, 4) is 0 Å². The van der Waals surface area contributed by atoms with E-state index in [-0.39, 0.29) is 0 Å². The zero-order chi connectivity index (χ0) is 11.9. The minimum atomic E-state index is 0.659. The van der Waals surface area contributed by atoms with Crippen LogP contribution in [0.3, 0.4) is 0 Å². The molecule has 1 heterocycles. The maximum Gasteiger partial charge on any atom is 0.107 e. The van der Waals surface area contributed by atoms with Gasteiger partial charge in [0.2, 0.25) is 0 Å². The van der Waals surface area contributed by atoms with Crippen molar-refractivity contribution in [2.45, 2.75) is 32.1 Å². The third-order valence-corrected chi connectivity index (χ3v) is 3.15. The molecule has 1 aromatic heterocycles. The highest BCUT2D eigenvalue weighted by Gasteiger charge is 2.06. The molecule has 17 heavy (non-hydrogen) atoms. The second kappa shape index (κ2) is 6.40. The Bertz CT molecular complexity index is 390. The van der Waals surface area contributed by atoms with Crippen LogP contribution < -0.4 is 5.73 Å². The SMILES string of the molecule is NCCc1ncc(CCCC2C=CC=CC2)[nH]1. The van der Waals surface area contributed by atoms with E-state index in [1.165, 1.54) is 25.0 Å². The minimum absolute atomic E-state index is 0.659. The second-order valence-electron chi connectivity index (χ2n) is 4.59. The van der Waals surface area contributed by atoms with Crippen molar-refractivity contribution in [3.63, 3.8) is 0 Å². The lowest BCUT2D eigenvalue weighted by Crippen LogP contribution is -2.04.